The van der Waals surface area contributed by atoms with E-state index in [-0.39, 0.29) is 0 Å². The average molecular weight is 260 g/mol. The van der Waals surface area contributed by atoms with Crippen molar-refractivity contribution >= 4 is 0 Å². The molecule has 1 aromatic carbocycles. The van der Waals surface area contributed by atoms with Crippen molar-refractivity contribution in [1.82, 2.24) is 9.78 Å². The molecule has 2 rings (SSSR count). The van der Waals surface area contributed by atoms with Crippen molar-refractivity contribution in [3.05, 3.63) is 46.8 Å². The normalized spacial score (nSPS) is 12.5. The van der Waals surface area contributed by atoms with Crippen LogP contribution in [0.25, 0.3) is 0 Å². The largest absolute Gasteiger partial charge is 0.496 e. The van der Waals surface area contributed by atoms with Crippen LogP contribution in [0.15, 0.2) is 24.5 Å². The fourth-order valence-electron chi connectivity index (χ4n) is 2.32. The Labute approximate surface area is 113 Å². The number of rotatable bonds is 4. The molecule has 0 amide bonds. The molecule has 0 saturated heterocycles. The van der Waals surface area contributed by atoms with Crippen LogP contribution in [0.2, 0.25) is 0 Å². The first-order chi connectivity index (χ1) is 9.06. The highest BCUT2D eigenvalue weighted by Crippen LogP contribution is 2.33. The van der Waals surface area contributed by atoms with Crippen LogP contribution in [0, 0.1) is 13.8 Å². The SMILES string of the molecule is CCn1cc(C(O)c2c(C)cc(C)cc2OC)cn1. The molecule has 0 radical (unpaired) electrons. The summed E-state index contributed by atoms with van der Waals surface area (Å²) < 4.78 is 7.20. The van der Waals surface area contributed by atoms with E-state index in [2.05, 4.69) is 5.10 Å². The molecule has 2 aromatic rings. The van der Waals surface area contributed by atoms with Gasteiger partial charge < -0.3 is 9.84 Å². The van der Waals surface area contributed by atoms with Crippen LogP contribution >= 0.6 is 0 Å². The Bertz CT molecular complexity index is 576. The van der Waals surface area contributed by atoms with Gasteiger partial charge in [-0.15, -0.1) is 0 Å². The van der Waals surface area contributed by atoms with Gasteiger partial charge in [-0.25, -0.2) is 0 Å². The predicted molar refractivity (Wildman–Crippen MR) is 74.4 cm³/mol. The lowest BCUT2D eigenvalue weighted by Gasteiger charge is -2.17. The van der Waals surface area contributed by atoms with Crippen molar-refractivity contribution in [2.75, 3.05) is 7.11 Å². The molecule has 19 heavy (non-hydrogen) atoms. The molecule has 0 spiro atoms. The summed E-state index contributed by atoms with van der Waals surface area (Å²) in [6.07, 6.45) is 2.85. The second-order valence-electron chi connectivity index (χ2n) is 4.73. The second-order valence-corrected chi connectivity index (χ2v) is 4.73. The topological polar surface area (TPSA) is 47.3 Å². The maximum atomic E-state index is 10.6. The summed E-state index contributed by atoms with van der Waals surface area (Å²) in [5.74, 6) is 0.717. The molecule has 1 heterocycles. The number of methoxy groups -OCH3 is 1. The molecule has 0 aliphatic carbocycles. The molecule has 1 atom stereocenters. The van der Waals surface area contributed by atoms with E-state index in [4.69, 9.17) is 4.74 Å². The van der Waals surface area contributed by atoms with Crippen LogP contribution in [0.5, 0.6) is 5.75 Å². The standard InChI is InChI=1S/C15H20N2O2/c1-5-17-9-12(8-16-17)15(18)14-11(3)6-10(2)7-13(14)19-4/h6-9,15,18H,5H2,1-4H3. The van der Waals surface area contributed by atoms with Gasteiger partial charge in [-0.1, -0.05) is 6.07 Å². The van der Waals surface area contributed by atoms with E-state index in [9.17, 15) is 5.11 Å². The Hall–Kier alpha value is -1.81. The molecule has 0 bridgehead atoms. The summed E-state index contributed by atoms with van der Waals surface area (Å²) in [5, 5.41) is 14.8. The van der Waals surface area contributed by atoms with Gasteiger partial charge in [0.15, 0.2) is 0 Å². The smallest absolute Gasteiger partial charge is 0.125 e. The molecule has 1 N–H and O–H groups in total. The second kappa shape index (κ2) is 5.45. The number of benzene rings is 1. The highest BCUT2D eigenvalue weighted by atomic mass is 16.5. The van der Waals surface area contributed by atoms with Crippen LogP contribution in [-0.4, -0.2) is 22.0 Å². The third-order valence-electron chi connectivity index (χ3n) is 3.28. The van der Waals surface area contributed by atoms with Crippen LogP contribution in [0.1, 0.15) is 35.3 Å². The highest BCUT2D eigenvalue weighted by molar-refractivity contribution is 5.47. The molecular weight excluding hydrogens is 240 g/mol. The Kier molecular flexibility index (Phi) is 3.90. The van der Waals surface area contributed by atoms with Crippen molar-refractivity contribution in [2.24, 2.45) is 0 Å². The minimum absolute atomic E-state index is 0.712. The predicted octanol–water partition coefficient (Wildman–Crippen LogP) is 2.61. The van der Waals surface area contributed by atoms with Gasteiger partial charge in [-0.2, -0.15) is 5.10 Å². The van der Waals surface area contributed by atoms with E-state index in [0.29, 0.717) is 5.75 Å². The van der Waals surface area contributed by atoms with E-state index in [1.54, 1.807) is 18.0 Å². The lowest BCUT2D eigenvalue weighted by molar-refractivity contribution is 0.213. The quantitative estimate of drug-likeness (QED) is 0.919. The van der Waals surface area contributed by atoms with Crippen LogP contribution in [-0.2, 0) is 6.54 Å². The number of aromatic nitrogens is 2. The van der Waals surface area contributed by atoms with Crippen molar-refractivity contribution < 1.29 is 9.84 Å². The van der Waals surface area contributed by atoms with Gasteiger partial charge in [-0.3, -0.25) is 4.68 Å². The maximum Gasteiger partial charge on any atom is 0.125 e. The summed E-state index contributed by atoms with van der Waals surface area (Å²) in [4.78, 5) is 0. The van der Waals surface area contributed by atoms with E-state index in [1.807, 2.05) is 39.1 Å². The Balaban J connectivity index is 2.45. The van der Waals surface area contributed by atoms with Gasteiger partial charge in [0.05, 0.1) is 13.3 Å². The van der Waals surface area contributed by atoms with Crippen molar-refractivity contribution in [3.63, 3.8) is 0 Å². The van der Waals surface area contributed by atoms with Crippen LogP contribution in [0.3, 0.4) is 0 Å². The highest BCUT2D eigenvalue weighted by Gasteiger charge is 2.19. The Morgan fingerprint density at radius 2 is 2.11 bits per heavy atom. The molecule has 1 aromatic heterocycles. The Morgan fingerprint density at radius 3 is 2.68 bits per heavy atom. The molecule has 1 unspecified atom stereocenters. The number of aliphatic hydroxyl groups excluding tert-OH is 1. The maximum absolute atomic E-state index is 10.6. The lowest BCUT2D eigenvalue weighted by Crippen LogP contribution is -2.05. The molecule has 0 aliphatic rings. The molecular formula is C15H20N2O2. The van der Waals surface area contributed by atoms with Crippen LogP contribution < -0.4 is 4.74 Å². The number of hydrogen-bond donors (Lipinski definition) is 1. The zero-order chi connectivity index (χ0) is 14.0. The third kappa shape index (κ3) is 2.63. The molecule has 102 valence electrons. The first kappa shape index (κ1) is 13.6. The molecule has 4 nitrogen and oxygen atoms in total. The number of aliphatic hydroxyl groups is 1. The number of nitrogens with zero attached hydrogens (tertiary/aromatic N) is 2. The minimum atomic E-state index is -0.712. The van der Waals surface area contributed by atoms with Crippen molar-refractivity contribution in [3.8, 4) is 5.75 Å². The van der Waals surface area contributed by atoms with Crippen LogP contribution in [0.4, 0.5) is 0 Å². The average Bonchev–Trinajstić information content (AvgIpc) is 2.85. The van der Waals surface area contributed by atoms with Gasteiger partial charge in [0.1, 0.15) is 11.9 Å². The molecule has 0 saturated carbocycles. The van der Waals surface area contributed by atoms with E-state index in [1.165, 1.54) is 0 Å². The van der Waals surface area contributed by atoms with E-state index in [0.717, 1.165) is 28.8 Å². The number of hydrogen-bond acceptors (Lipinski definition) is 3. The lowest BCUT2D eigenvalue weighted by atomic mass is 9.96. The summed E-state index contributed by atoms with van der Waals surface area (Å²) in [7, 11) is 1.62. The monoisotopic (exact) mass is 260 g/mol. The van der Waals surface area contributed by atoms with Gasteiger partial charge in [-0.05, 0) is 38.0 Å². The van der Waals surface area contributed by atoms with E-state index >= 15 is 0 Å². The summed E-state index contributed by atoms with van der Waals surface area (Å²) in [6, 6.07) is 3.99. The molecule has 4 heteroatoms. The summed E-state index contributed by atoms with van der Waals surface area (Å²) in [6.45, 7) is 6.80. The van der Waals surface area contributed by atoms with Gasteiger partial charge in [0.25, 0.3) is 0 Å². The number of aryl methyl sites for hydroxylation is 3. The van der Waals surface area contributed by atoms with Gasteiger partial charge in [0, 0.05) is 23.9 Å². The number of ether oxygens (including phenoxy) is 1. The third-order valence-corrected chi connectivity index (χ3v) is 3.28. The zero-order valence-corrected chi connectivity index (χ0v) is 11.8. The van der Waals surface area contributed by atoms with Crippen molar-refractivity contribution in [1.29, 1.82) is 0 Å². The first-order valence-corrected chi connectivity index (χ1v) is 6.42. The van der Waals surface area contributed by atoms with E-state index < -0.39 is 6.10 Å². The Morgan fingerprint density at radius 1 is 1.37 bits per heavy atom. The minimum Gasteiger partial charge on any atom is -0.496 e. The fraction of sp³-hybridized carbons (Fsp3) is 0.400. The van der Waals surface area contributed by atoms with Crippen molar-refractivity contribution in [2.45, 2.75) is 33.4 Å². The fourth-order valence-corrected chi connectivity index (χ4v) is 2.32. The molecule has 0 fully saturated rings. The molecule has 0 aliphatic heterocycles. The van der Waals surface area contributed by atoms with Gasteiger partial charge >= 0.3 is 0 Å². The first-order valence-electron chi connectivity index (χ1n) is 6.42. The summed E-state index contributed by atoms with van der Waals surface area (Å²) >= 11 is 0. The zero-order valence-electron chi connectivity index (χ0n) is 11.8. The van der Waals surface area contributed by atoms with Gasteiger partial charge in [0.2, 0.25) is 0 Å². The summed E-state index contributed by atoms with van der Waals surface area (Å²) in [5.41, 5.74) is 3.74.